The maximum absolute atomic E-state index is 6.16. The summed E-state index contributed by atoms with van der Waals surface area (Å²) in [4.78, 5) is 0. The second kappa shape index (κ2) is 4.28. The fourth-order valence-corrected chi connectivity index (χ4v) is 2.87. The molecule has 0 aromatic carbocycles. The van der Waals surface area contributed by atoms with E-state index in [1.807, 2.05) is 18.7 Å². The summed E-state index contributed by atoms with van der Waals surface area (Å²) >= 11 is 0. The second-order valence-electron chi connectivity index (χ2n) is 5.31. The quantitative estimate of drug-likeness (QED) is 0.877. The third-order valence-electron chi connectivity index (χ3n) is 3.80. The van der Waals surface area contributed by atoms with E-state index in [2.05, 4.69) is 28.1 Å². The Kier molecular flexibility index (Phi) is 2.74. The van der Waals surface area contributed by atoms with Crippen molar-refractivity contribution >= 4 is 0 Å². The molecule has 18 heavy (non-hydrogen) atoms. The van der Waals surface area contributed by atoms with Crippen LogP contribution in [0.3, 0.4) is 0 Å². The first-order valence-corrected chi connectivity index (χ1v) is 6.57. The molecular formula is C14H20N4. The highest BCUT2D eigenvalue weighted by atomic mass is 15.3. The predicted octanol–water partition coefficient (Wildman–Crippen LogP) is 1.91. The van der Waals surface area contributed by atoms with Crippen molar-refractivity contribution in [1.82, 2.24) is 14.3 Å². The van der Waals surface area contributed by atoms with E-state index < -0.39 is 0 Å². The SMILES string of the molecule is Cc1cc(Cn2cc3c(c2)C(N)CCC3)n(C)n1. The number of hydrogen-bond donors (Lipinski definition) is 1. The van der Waals surface area contributed by atoms with Gasteiger partial charge in [-0.25, -0.2) is 0 Å². The Morgan fingerprint density at radius 3 is 2.94 bits per heavy atom. The van der Waals surface area contributed by atoms with Gasteiger partial charge in [-0.2, -0.15) is 5.10 Å². The largest absolute Gasteiger partial charge is 0.348 e. The average molecular weight is 244 g/mol. The molecule has 1 aliphatic carbocycles. The van der Waals surface area contributed by atoms with Crippen LogP contribution < -0.4 is 5.73 Å². The van der Waals surface area contributed by atoms with Crippen LogP contribution in [-0.4, -0.2) is 14.3 Å². The first-order valence-electron chi connectivity index (χ1n) is 6.57. The van der Waals surface area contributed by atoms with Gasteiger partial charge in [0.15, 0.2) is 0 Å². The molecule has 4 nitrogen and oxygen atoms in total. The molecule has 3 rings (SSSR count). The lowest BCUT2D eigenvalue weighted by Gasteiger charge is -2.17. The summed E-state index contributed by atoms with van der Waals surface area (Å²) < 4.78 is 4.19. The topological polar surface area (TPSA) is 48.8 Å². The molecule has 0 saturated carbocycles. The highest BCUT2D eigenvalue weighted by Gasteiger charge is 2.18. The third-order valence-corrected chi connectivity index (χ3v) is 3.80. The third kappa shape index (κ3) is 1.97. The van der Waals surface area contributed by atoms with Crippen LogP contribution in [-0.2, 0) is 20.0 Å². The van der Waals surface area contributed by atoms with Crippen LogP contribution in [0.15, 0.2) is 18.5 Å². The number of aryl methyl sites for hydroxylation is 3. The summed E-state index contributed by atoms with van der Waals surface area (Å²) in [5, 5.41) is 4.38. The Morgan fingerprint density at radius 2 is 2.28 bits per heavy atom. The molecule has 0 aliphatic heterocycles. The molecule has 1 aliphatic rings. The van der Waals surface area contributed by atoms with Crippen LogP contribution in [0, 0.1) is 6.92 Å². The summed E-state index contributed by atoms with van der Waals surface area (Å²) in [6.45, 7) is 2.90. The molecule has 4 heteroatoms. The molecule has 0 fully saturated rings. The molecule has 2 N–H and O–H groups in total. The summed E-state index contributed by atoms with van der Waals surface area (Å²) in [5.41, 5.74) is 11.2. The minimum atomic E-state index is 0.225. The lowest BCUT2D eigenvalue weighted by molar-refractivity contribution is 0.573. The second-order valence-corrected chi connectivity index (χ2v) is 5.31. The lowest BCUT2D eigenvalue weighted by atomic mass is 9.92. The highest BCUT2D eigenvalue weighted by molar-refractivity contribution is 5.30. The van der Waals surface area contributed by atoms with E-state index in [1.54, 1.807) is 0 Å². The number of hydrogen-bond acceptors (Lipinski definition) is 2. The molecule has 1 atom stereocenters. The van der Waals surface area contributed by atoms with Gasteiger partial charge in [0.1, 0.15) is 0 Å². The van der Waals surface area contributed by atoms with Gasteiger partial charge in [-0.1, -0.05) is 0 Å². The van der Waals surface area contributed by atoms with Gasteiger partial charge < -0.3 is 10.3 Å². The molecule has 0 bridgehead atoms. The van der Waals surface area contributed by atoms with Crippen molar-refractivity contribution in [3.63, 3.8) is 0 Å². The van der Waals surface area contributed by atoms with Gasteiger partial charge in [0.25, 0.3) is 0 Å². The molecule has 0 saturated heterocycles. The van der Waals surface area contributed by atoms with Gasteiger partial charge in [0.05, 0.1) is 17.9 Å². The molecule has 0 spiro atoms. The van der Waals surface area contributed by atoms with E-state index in [0.717, 1.165) is 18.7 Å². The Hall–Kier alpha value is -1.55. The van der Waals surface area contributed by atoms with Crippen LogP contribution in [0.1, 0.15) is 41.4 Å². The van der Waals surface area contributed by atoms with Crippen molar-refractivity contribution in [2.24, 2.45) is 12.8 Å². The van der Waals surface area contributed by atoms with E-state index in [1.165, 1.54) is 29.7 Å². The molecule has 2 aromatic heterocycles. The fourth-order valence-electron chi connectivity index (χ4n) is 2.87. The summed E-state index contributed by atoms with van der Waals surface area (Å²) in [6.07, 6.45) is 7.95. The van der Waals surface area contributed by atoms with Crippen molar-refractivity contribution in [2.75, 3.05) is 0 Å². The van der Waals surface area contributed by atoms with Gasteiger partial charge in [-0.15, -0.1) is 0 Å². The zero-order valence-electron chi connectivity index (χ0n) is 11.1. The van der Waals surface area contributed by atoms with Gasteiger partial charge in [0.2, 0.25) is 0 Å². The Balaban J connectivity index is 1.87. The van der Waals surface area contributed by atoms with Crippen molar-refractivity contribution in [3.05, 3.63) is 41.0 Å². The lowest BCUT2D eigenvalue weighted by Crippen LogP contribution is -2.15. The number of rotatable bonds is 2. The van der Waals surface area contributed by atoms with Crippen LogP contribution in [0.4, 0.5) is 0 Å². The standard InChI is InChI=1S/C14H20N4/c1-10-6-12(17(2)16-10)8-18-7-11-4-3-5-14(15)13(11)9-18/h6-7,9,14H,3-5,8,15H2,1-2H3. The van der Waals surface area contributed by atoms with Crippen LogP contribution in [0.25, 0.3) is 0 Å². The number of fused-ring (bicyclic) bond motifs is 1. The molecule has 0 radical (unpaired) electrons. The van der Waals surface area contributed by atoms with Crippen molar-refractivity contribution in [2.45, 2.75) is 38.8 Å². The van der Waals surface area contributed by atoms with Gasteiger partial charge in [-0.3, -0.25) is 4.68 Å². The zero-order valence-corrected chi connectivity index (χ0v) is 11.1. The zero-order chi connectivity index (χ0) is 12.7. The first-order chi connectivity index (χ1) is 8.63. The number of nitrogens with zero attached hydrogens (tertiary/aromatic N) is 3. The summed E-state index contributed by atoms with van der Waals surface area (Å²) in [5.74, 6) is 0. The maximum Gasteiger partial charge on any atom is 0.0639 e. The van der Waals surface area contributed by atoms with Crippen molar-refractivity contribution < 1.29 is 0 Å². The average Bonchev–Trinajstić information content (AvgIpc) is 2.84. The molecule has 2 aromatic rings. The van der Waals surface area contributed by atoms with Crippen LogP contribution in [0.2, 0.25) is 0 Å². The molecule has 2 heterocycles. The predicted molar refractivity (Wildman–Crippen MR) is 71.3 cm³/mol. The monoisotopic (exact) mass is 244 g/mol. The number of nitrogens with two attached hydrogens (primary N) is 1. The fraction of sp³-hybridized carbons (Fsp3) is 0.500. The van der Waals surface area contributed by atoms with Crippen molar-refractivity contribution in [3.8, 4) is 0 Å². The van der Waals surface area contributed by atoms with Crippen LogP contribution in [0.5, 0.6) is 0 Å². The molecule has 0 amide bonds. The van der Waals surface area contributed by atoms with Crippen LogP contribution >= 0.6 is 0 Å². The van der Waals surface area contributed by atoms with Gasteiger partial charge in [-0.05, 0) is 43.4 Å². The Bertz CT molecular complexity index is 564. The van der Waals surface area contributed by atoms with E-state index in [0.29, 0.717) is 0 Å². The molecule has 1 unspecified atom stereocenters. The summed E-state index contributed by atoms with van der Waals surface area (Å²) in [7, 11) is 2.00. The normalized spacial score (nSPS) is 18.9. The summed E-state index contributed by atoms with van der Waals surface area (Å²) in [6, 6.07) is 2.36. The molecule has 96 valence electrons. The Morgan fingerprint density at radius 1 is 1.44 bits per heavy atom. The minimum absolute atomic E-state index is 0.225. The van der Waals surface area contributed by atoms with Gasteiger partial charge in [0, 0.05) is 25.5 Å². The van der Waals surface area contributed by atoms with E-state index in [4.69, 9.17) is 5.73 Å². The highest BCUT2D eigenvalue weighted by Crippen LogP contribution is 2.28. The number of aromatic nitrogens is 3. The van der Waals surface area contributed by atoms with E-state index >= 15 is 0 Å². The van der Waals surface area contributed by atoms with E-state index in [-0.39, 0.29) is 6.04 Å². The minimum Gasteiger partial charge on any atom is -0.348 e. The smallest absolute Gasteiger partial charge is 0.0639 e. The molecular weight excluding hydrogens is 224 g/mol. The van der Waals surface area contributed by atoms with Gasteiger partial charge >= 0.3 is 0 Å². The maximum atomic E-state index is 6.16. The Labute approximate surface area is 107 Å². The van der Waals surface area contributed by atoms with Crippen molar-refractivity contribution in [1.29, 1.82) is 0 Å². The van der Waals surface area contributed by atoms with E-state index in [9.17, 15) is 0 Å². The first kappa shape index (κ1) is 11.5.